The second-order valence-corrected chi connectivity index (χ2v) is 8.08. The minimum Gasteiger partial charge on any atom is -0.460 e. The summed E-state index contributed by atoms with van der Waals surface area (Å²) in [6, 6.07) is 0. The van der Waals surface area contributed by atoms with E-state index < -0.39 is 11.2 Å². The van der Waals surface area contributed by atoms with Crippen LogP contribution >= 0.6 is 0 Å². The molecule has 0 aliphatic heterocycles. The van der Waals surface area contributed by atoms with Crippen LogP contribution in [0.1, 0.15) is 48.0 Å². The maximum absolute atomic E-state index is 11.7. The van der Waals surface area contributed by atoms with Gasteiger partial charge in [-0.15, -0.1) is 0 Å². The van der Waals surface area contributed by atoms with E-state index in [2.05, 4.69) is 0 Å². The average molecular weight is 392 g/mol. The Bertz CT molecular complexity index is 427. The van der Waals surface area contributed by atoms with Crippen molar-refractivity contribution in [2.24, 2.45) is 0 Å². The van der Waals surface area contributed by atoms with Crippen molar-refractivity contribution in [3.8, 4) is 0 Å². The molecule has 0 rings (SSSR count). The summed E-state index contributed by atoms with van der Waals surface area (Å²) in [5.41, 5.74) is -0.975. The highest BCUT2D eigenvalue weighted by molar-refractivity contribution is 5.69. The molecular weight excluding hydrogens is 354 g/mol. The Morgan fingerprint density at radius 3 is 1.63 bits per heavy atom. The van der Waals surface area contributed by atoms with Gasteiger partial charge in [0.15, 0.2) is 0 Å². The highest BCUT2D eigenvalue weighted by atomic mass is 16.6. The fourth-order valence-corrected chi connectivity index (χ4v) is 1.72. The van der Waals surface area contributed by atoms with Gasteiger partial charge in [-0.1, -0.05) is 0 Å². The van der Waals surface area contributed by atoms with Gasteiger partial charge in [0, 0.05) is 13.6 Å². The van der Waals surface area contributed by atoms with Gasteiger partial charge < -0.3 is 28.6 Å². The number of carbonyl (C=O) groups is 2. The van der Waals surface area contributed by atoms with Crippen LogP contribution in [0, 0.1) is 0 Å². The molecule has 27 heavy (non-hydrogen) atoms. The second-order valence-electron chi connectivity index (χ2n) is 8.08. The predicted molar refractivity (Wildman–Crippen MR) is 102 cm³/mol. The Labute approximate surface area is 163 Å². The molecule has 0 saturated heterocycles. The Morgan fingerprint density at radius 2 is 1.15 bits per heavy atom. The van der Waals surface area contributed by atoms with Crippen molar-refractivity contribution in [3.63, 3.8) is 0 Å². The quantitative estimate of drug-likeness (QED) is 0.373. The number of esters is 1. The van der Waals surface area contributed by atoms with E-state index in [1.165, 1.54) is 4.90 Å². The van der Waals surface area contributed by atoms with E-state index in [1.807, 2.05) is 41.5 Å². The SMILES string of the molecule is CN(CCOCCOCCOCCC(=O)OC(C)(C)C)C(=O)OC(C)(C)C. The third kappa shape index (κ3) is 17.8. The topological polar surface area (TPSA) is 83.5 Å². The summed E-state index contributed by atoms with van der Waals surface area (Å²) < 4.78 is 26.5. The monoisotopic (exact) mass is 391 g/mol. The number of nitrogens with zero attached hydrogens (tertiary/aromatic N) is 1. The second kappa shape index (κ2) is 12.9. The maximum atomic E-state index is 11.7. The molecule has 0 bridgehead atoms. The lowest BCUT2D eigenvalue weighted by atomic mass is 10.2. The van der Waals surface area contributed by atoms with Gasteiger partial charge in [-0.25, -0.2) is 4.79 Å². The molecule has 0 spiro atoms. The number of amides is 1. The summed E-state index contributed by atoms with van der Waals surface area (Å²) in [7, 11) is 1.67. The molecule has 0 aromatic rings. The zero-order valence-corrected chi connectivity index (χ0v) is 18.0. The van der Waals surface area contributed by atoms with Crippen LogP contribution in [0.2, 0.25) is 0 Å². The van der Waals surface area contributed by atoms with Crippen molar-refractivity contribution in [2.45, 2.75) is 59.2 Å². The third-order valence-electron chi connectivity index (χ3n) is 2.89. The first kappa shape index (κ1) is 25.6. The first-order chi connectivity index (χ1) is 12.4. The lowest BCUT2D eigenvalue weighted by molar-refractivity contribution is -0.156. The lowest BCUT2D eigenvalue weighted by Gasteiger charge is -2.24. The van der Waals surface area contributed by atoms with Crippen LogP contribution in [0.5, 0.6) is 0 Å². The normalized spacial score (nSPS) is 12.0. The number of hydrogen-bond donors (Lipinski definition) is 0. The van der Waals surface area contributed by atoms with Crippen LogP contribution in [0.3, 0.4) is 0 Å². The lowest BCUT2D eigenvalue weighted by Crippen LogP contribution is -2.36. The number of carbonyl (C=O) groups excluding carboxylic acids is 2. The molecule has 1 amide bonds. The number of ether oxygens (including phenoxy) is 5. The van der Waals surface area contributed by atoms with Crippen molar-refractivity contribution in [2.75, 3.05) is 53.2 Å². The van der Waals surface area contributed by atoms with E-state index >= 15 is 0 Å². The first-order valence-electron chi connectivity index (χ1n) is 9.30. The molecule has 8 heteroatoms. The molecule has 0 fully saturated rings. The molecule has 0 heterocycles. The van der Waals surface area contributed by atoms with Gasteiger partial charge in [0.2, 0.25) is 0 Å². The molecule has 0 unspecified atom stereocenters. The molecule has 0 aliphatic rings. The highest BCUT2D eigenvalue weighted by Gasteiger charge is 2.19. The molecule has 8 nitrogen and oxygen atoms in total. The van der Waals surface area contributed by atoms with Crippen molar-refractivity contribution in [1.29, 1.82) is 0 Å². The predicted octanol–water partition coefficient (Wildman–Crippen LogP) is 2.63. The first-order valence-corrected chi connectivity index (χ1v) is 9.30. The molecule has 160 valence electrons. The van der Waals surface area contributed by atoms with Crippen molar-refractivity contribution in [3.05, 3.63) is 0 Å². The van der Waals surface area contributed by atoms with E-state index in [0.717, 1.165) is 0 Å². The van der Waals surface area contributed by atoms with Gasteiger partial charge in [-0.3, -0.25) is 4.79 Å². The van der Waals surface area contributed by atoms with Gasteiger partial charge >= 0.3 is 12.1 Å². The number of rotatable bonds is 12. The van der Waals surface area contributed by atoms with Gasteiger partial charge in [-0.05, 0) is 41.5 Å². The van der Waals surface area contributed by atoms with E-state index in [0.29, 0.717) is 46.2 Å². The molecule has 0 aliphatic carbocycles. The molecular formula is C19H37NO7. The standard InChI is InChI=1S/C19H37NO7/c1-18(2,3)26-16(21)8-10-23-12-14-25-15-13-24-11-9-20(7)17(22)27-19(4,5)6/h8-15H2,1-7H3. The fraction of sp³-hybridized carbons (Fsp3) is 0.895. The molecule has 0 atom stereocenters. The van der Waals surface area contributed by atoms with Crippen molar-refractivity contribution < 1.29 is 33.3 Å². The van der Waals surface area contributed by atoms with E-state index in [1.54, 1.807) is 7.05 Å². The van der Waals surface area contributed by atoms with Crippen LogP contribution in [-0.2, 0) is 28.5 Å². The molecule has 0 N–H and O–H groups in total. The smallest absolute Gasteiger partial charge is 0.410 e. The fourth-order valence-electron chi connectivity index (χ4n) is 1.72. The molecule has 0 radical (unpaired) electrons. The summed E-state index contributed by atoms with van der Waals surface area (Å²) in [5.74, 6) is -0.270. The van der Waals surface area contributed by atoms with Crippen molar-refractivity contribution in [1.82, 2.24) is 4.90 Å². The van der Waals surface area contributed by atoms with Gasteiger partial charge in [0.25, 0.3) is 0 Å². The van der Waals surface area contributed by atoms with Gasteiger partial charge in [0.05, 0.1) is 46.1 Å². The summed E-state index contributed by atoms with van der Waals surface area (Å²) in [6.07, 6.45) is -0.142. The van der Waals surface area contributed by atoms with Crippen LogP contribution < -0.4 is 0 Å². The van der Waals surface area contributed by atoms with Crippen LogP contribution in [0.15, 0.2) is 0 Å². The van der Waals surface area contributed by atoms with E-state index in [-0.39, 0.29) is 18.5 Å². The van der Waals surface area contributed by atoms with Crippen LogP contribution in [-0.4, -0.2) is 81.4 Å². The molecule has 0 aromatic carbocycles. The summed E-state index contributed by atoms with van der Waals surface area (Å²) in [4.78, 5) is 24.7. The third-order valence-corrected chi connectivity index (χ3v) is 2.89. The molecule has 0 saturated carbocycles. The Morgan fingerprint density at radius 1 is 0.704 bits per heavy atom. The Balaban J connectivity index is 3.46. The highest BCUT2D eigenvalue weighted by Crippen LogP contribution is 2.09. The Hall–Kier alpha value is -1.38. The van der Waals surface area contributed by atoms with E-state index in [4.69, 9.17) is 23.7 Å². The Kier molecular flexibility index (Phi) is 12.2. The number of hydrogen-bond acceptors (Lipinski definition) is 7. The van der Waals surface area contributed by atoms with Crippen LogP contribution in [0.25, 0.3) is 0 Å². The summed E-state index contributed by atoms with van der Waals surface area (Å²) in [6.45, 7) is 13.8. The zero-order chi connectivity index (χ0) is 20.9. The van der Waals surface area contributed by atoms with Gasteiger partial charge in [0.1, 0.15) is 11.2 Å². The zero-order valence-electron chi connectivity index (χ0n) is 18.0. The average Bonchev–Trinajstić information content (AvgIpc) is 2.48. The van der Waals surface area contributed by atoms with Gasteiger partial charge in [-0.2, -0.15) is 0 Å². The summed E-state index contributed by atoms with van der Waals surface area (Å²) in [5, 5.41) is 0. The maximum Gasteiger partial charge on any atom is 0.410 e. The minimum absolute atomic E-state index is 0.228. The minimum atomic E-state index is -0.505. The van der Waals surface area contributed by atoms with E-state index in [9.17, 15) is 9.59 Å². The molecule has 0 aromatic heterocycles. The number of likely N-dealkylation sites (N-methyl/N-ethyl adjacent to an activating group) is 1. The van der Waals surface area contributed by atoms with Crippen LogP contribution in [0.4, 0.5) is 4.79 Å². The largest absolute Gasteiger partial charge is 0.460 e. The van der Waals surface area contributed by atoms with Crippen molar-refractivity contribution >= 4 is 12.1 Å². The summed E-state index contributed by atoms with van der Waals surface area (Å²) >= 11 is 0.